The lowest BCUT2D eigenvalue weighted by Gasteiger charge is -2.08. The highest BCUT2D eigenvalue weighted by atomic mass is 79.9. The predicted molar refractivity (Wildman–Crippen MR) is 64.5 cm³/mol. The summed E-state index contributed by atoms with van der Waals surface area (Å²) in [6, 6.07) is -0.446. The van der Waals surface area contributed by atoms with Crippen LogP contribution in [-0.4, -0.2) is 29.6 Å². The summed E-state index contributed by atoms with van der Waals surface area (Å²) in [6.45, 7) is 2.15. The number of anilines is 1. The van der Waals surface area contributed by atoms with Crippen LogP contribution in [0, 0.1) is 6.92 Å². The Bertz CT molecular complexity index is 392. The number of rotatable bonds is 2. The van der Waals surface area contributed by atoms with E-state index in [1.54, 1.807) is 0 Å². The predicted octanol–water partition coefficient (Wildman–Crippen LogP) is 1.85. The average molecular weight is 308 g/mol. The van der Waals surface area contributed by atoms with E-state index < -0.39 is 12.2 Å². The fourth-order valence-corrected chi connectivity index (χ4v) is 2.76. The molecule has 16 heavy (non-hydrogen) atoms. The monoisotopic (exact) mass is 307 g/mol. The Morgan fingerprint density at radius 2 is 2.50 bits per heavy atom. The van der Waals surface area contributed by atoms with Gasteiger partial charge in [-0.3, -0.25) is 4.79 Å². The van der Waals surface area contributed by atoms with Crippen LogP contribution in [0.25, 0.3) is 0 Å². The highest BCUT2D eigenvalue weighted by Crippen LogP contribution is 2.26. The number of amides is 1. The Kier molecular flexibility index (Phi) is 3.56. The molecule has 2 heterocycles. The largest absolute Gasteiger partial charge is 0.303 e. The first-order valence-corrected chi connectivity index (χ1v) is 6.48. The van der Waals surface area contributed by atoms with Crippen LogP contribution < -0.4 is 10.6 Å². The average Bonchev–Trinajstić information content (AvgIpc) is 2.75. The van der Waals surface area contributed by atoms with Crippen LogP contribution in [0.3, 0.4) is 0 Å². The van der Waals surface area contributed by atoms with Gasteiger partial charge in [-0.2, -0.15) is 0 Å². The first kappa shape index (κ1) is 11.9. The standard InChI is InChI=1S/C9H11BrFN3OS/c1-4-7(10)13-9(16-4)14-8(15)6-2-5(11)3-12-6/h5-6,12H,2-3H2,1H3,(H,13,14,15). The zero-order valence-corrected chi connectivity index (χ0v) is 11.0. The first-order chi connectivity index (χ1) is 7.56. The Morgan fingerprint density at radius 3 is 3.00 bits per heavy atom. The Morgan fingerprint density at radius 1 is 1.75 bits per heavy atom. The molecular formula is C9H11BrFN3OS. The van der Waals surface area contributed by atoms with E-state index in [0.717, 1.165) is 9.48 Å². The van der Waals surface area contributed by atoms with Gasteiger partial charge in [-0.15, -0.1) is 11.3 Å². The molecule has 0 spiro atoms. The lowest BCUT2D eigenvalue weighted by atomic mass is 10.2. The molecule has 2 rings (SSSR count). The minimum atomic E-state index is -0.930. The van der Waals surface area contributed by atoms with Crippen molar-refractivity contribution < 1.29 is 9.18 Å². The highest BCUT2D eigenvalue weighted by Gasteiger charge is 2.29. The summed E-state index contributed by atoms with van der Waals surface area (Å²) in [5, 5.41) is 6.04. The van der Waals surface area contributed by atoms with Crippen molar-refractivity contribution in [2.75, 3.05) is 11.9 Å². The van der Waals surface area contributed by atoms with E-state index in [-0.39, 0.29) is 18.9 Å². The third-order valence-electron chi connectivity index (χ3n) is 2.36. The molecule has 0 radical (unpaired) electrons. The highest BCUT2D eigenvalue weighted by molar-refractivity contribution is 9.10. The van der Waals surface area contributed by atoms with Gasteiger partial charge >= 0.3 is 0 Å². The number of hydrogen-bond acceptors (Lipinski definition) is 4. The van der Waals surface area contributed by atoms with E-state index in [1.165, 1.54) is 11.3 Å². The van der Waals surface area contributed by atoms with Gasteiger partial charge in [0.05, 0.1) is 6.04 Å². The number of carbonyl (C=O) groups excluding carboxylic acids is 1. The molecule has 1 aliphatic heterocycles. The van der Waals surface area contributed by atoms with E-state index in [1.807, 2.05) is 6.92 Å². The summed E-state index contributed by atoms with van der Waals surface area (Å²) < 4.78 is 13.6. The summed E-state index contributed by atoms with van der Waals surface area (Å²) in [6.07, 6.45) is -0.697. The number of nitrogens with zero attached hydrogens (tertiary/aromatic N) is 1. The molecule has 4 nitrogen and oxygen atoms in total. The number of carbonyl (C=O) groups is 1. The third kappa shape index (κ3) is 2.58. The number of alkyl halides is 1. The molecule has 1 aliphatic rings. The van der Waals surface area contributed by atoms with Crippen LogP contribution in [0.15, 0.2) is 4.60 Å². The summed E-state index contributed by atoms with van der Waals surface area (Å²) >= 11 is 4.66. The van der Waals surface area contributed by atoms with E-state index >= 15 is 0 Å². The number of halogens is 2. The smallest absolute Gasteiger partial charge is 0.243 e. The topological polar surface area (TPSA) is 54.0 Å². The van der Waals surface area contributed by atoms with Crippen molar-refractivity contribution in [2.45, 2.75) is 25.6 Å². The van der Waals surface area contributed by atoms with Crippen LogP contribution >= 0.6 is 27.3 Å². The van der Waals surface area contributed by atoms with Crippen LogP contribution in [-0.2, 0) is 4.79 Å². The Balaban J connectivity index is 1.97. The lowest BCUT2D eigenvalue weighted by molar-refractivity contribution is -0.117. The van der Waals surface area contributed by atoms with Gasteiger partial charge in [0.1, 0.15) is 10.8 Å². The maximum Gasteiger partial charge on any atom is 0.243 e. The summed E-state index contributed by atoms with van der Waals surface area (Å²) in [5.74, 6) is -0.221. The molecular weight excluding hydrogens is 297 g/mol. The van der Waals surface area contributed by atoms with Crippen molar-refractivity contribution in [3.8, 4) is 0 Å². The summed E-state index contributed by atoms with van der Waals surface area (Å²) in [4.78, 5) is 16.8. The fraction of sp³-hybridized carbons (Fsp3) is 0.556. The lowest BCUT2D eigenvalue weighted by Crippen LogP contribution is -2.35. The number of aromatic nitrogens is 1. The van der Waals surface area contributed by atoms with Gasteiger partial charge < -0.3 is 10.6 Å². The van der Waals surface area contributed by atoms with Gasteiger partial charge in [-0.1, -0.05) is 0 Å². The van der Waals surface area contributed by atoms with Crippen molar-refractivity contribution in [1.29, 1.82) is 0 Å². The van der Waals surface area contributed by atoms with Crippen molar-refractivity contribution in [2.24, 2.45) is 0 Å². The van der Waals surface area contributed by atoms with Crippen LogP contribution in [0.1, 0.15) is 11.3 Å². The fourth-order valence-electron chi connectivity index (χ4n) is 1.52. The van der Waals surface area contributed by atoms with Crippen LogP contribution in [0.4, 0.5) is 9.52 Å². The molecule has 7 heteroatoms. The van der Waals surface area contributed by atoms with E-state index in [0.29, 0.717) is 5.13 Å². The van der Waals surface area contributed by atoms with Gasteiger partial charge in [-0.25, -0.2) is 9.37 Å². The molecule has 0 aliphatic carbocycles. The van der Waals surface area contributed by atoms with E-state index in [4.69, 9.17) is 0 Å². The molecule has 2 N–H and O–H groups in total. The summed E-state index contributed by atoms with van der Waals surface area (Å²) in [7, 11) is 0. The molecule has 1 aromatic heterocycles. The maximum atomic E-state index is 12.9. The number of aryl methyl sites for hydroxylation is 1. The van der Waals surface area contributed by atoms with E-state index in [9.17, 15) is 9.18 Å². The molecule has 1 fully saturated rings. The van der Waals surface area contributed by atoms with Crippen molar-refractivity contribution >= 4 is 38.3 Å². The second-order valence-corrected chi connectivity index (χ2v) is 5.60. The van der Waals surface area contributed by atoms with Gasteiger partial charge in [0.2, 0.25) is 5.91 Å². The SMILES string of the molecule is Cc1sc(NC(=O)C2CC(F)CN2)nc1Br. The number of thiazole rings is 1. The zero-order valence-electron chi connectivity index (χ0n) is 8.59. The molecule has 88 valence electrons. The number of nitrogens with one attached hydrogen (secondary N) is 2. The molecule has 0 aromatic carbocycles. The van der Waals surface area contributed by atoms with Crippen molar-refractivity contribution in [3.05, 3.63) is 9.48 Å². The van der Waals surface area contributed by atoms with Gasteiger partial charge in [0.15, 0.2) is 5.13 Å². The first-order valence-electron chi connectivity index (χ1n) is 4.87. The molecule has 1 amide bonds. The molecule has 2 atom stereocenters. The quantitative estimate of drug-likeness (QED) is 0.877. The van der Waals surface area contributed by atoms with E-state index in [2.05, 4.69) is 31.5 Å². The molecule has 1 saturated heterocycles. The third-order valence-corrected chi connectivity index (χ3v) is 4.28. The van der Waals surface area contributed by atoms with Crippen LogP contribution in [0.5, 0.6) is 0 Å². The number of hydrogen-bond donors (Lipinski definition) is 2. The van der Waals surface area contributed by atoms with Crippen LogP contribution in [0.2, 0.25) is 0 Å². The minimum Gasteiger partial charge on any atom is -0.303 e. The van der Waals surface area contributed by atoms with Gasteiger partial charge in [-0.05, 0) is 22.9 Å². The van der Waals surface area contributed by atoms with Gasteiger partial charge in [0, 0.05) is 17.8 Å². The van der Waals surface area contributed by atoms with Gasteiger partial charge in [0.25, 0.3) is 0 Å². The van der Waals surface area contributed by atoms with Crippen molar-refractivity contribution in [1.82, 2.24) is 10.3 Å². The maximum absolute atomic E-state index is 12.9. The second-order valence-electron chi connectivity index (χ2n) is 3.65. The minimum absolute atomic E-state index is 0.221. The molecule has 2 unspecified atom stereocenters. The molecule has 1 aromatic rings. The Labute approximate surface area is 105 Å². The normalized spacial score (nSPS) is 24.7. The molecule has 0 bridgehead atoms. The zero-order chi connectivity index (χ0) is 11.7. The van der Waals surface area contributed by atoms with Crippen molar-refractivity contribution in [3.63, 3.8) is 0 Å². The second kappa shape index (κ2) is 4.77. The Hall–Kier alpha value is -0.530. The molecule has 0 saturated carbocycles. The summed E-state index contributed by atoms with van der Waals surface area (Å²) in [5.41, 5.74) is 0.